The van der Waals surface area contributed by atoms with Crippen LogP contribution >= 0.6 is 0 Å². The molecule has 0 spiro atoms. The van der Waals surface area contributed by atoms with E-state index >= 15 is 0 Å². The van der Waals surface area contributed by atoms with Gasteiger partial charge < -0.3 is 14.0 Å². The van der Waals surface area contributed by atoms with Gasteiger partial charge in [-0.1, -0.05) is 56.3 Å². The third-order valence-corrected chi connectivity index (χ3v) is 3.63. The van der Waals surface area contributed by atoms with Crippen molar-refractivity contribution in [3.8, 4) is 5.75 Å². The van der Waals surface area contributed by atoms with E-state index in [2.05, 4.69) is 26.0 Å². The Morgan fingerprint density at radius 3 is 2.45 bits per heavy atom. The Labute approximate surface area is 132 Å². The summed E-state index contributed by atoms with van der Waals surface area (Å²) in [5, 5.41) is 0. The van der Waals surface area contributed by atoms with Gasteiger partial charge >= 0.3 is 7.12 Å². The SMILES string of the molecule is CC1(C)COB(c2cccc(OCc3ccccc3)c2)OC1. The van der Waals surface area contributed by atoms with E-state index < -0.39 is 0 Å². The van der Waals surface area contributed by atoms with Crippen LogP contribution in [0.2, 0.25) is 0 Å². The Morgan fingerprint density at radius 1 is 1.00 bits per heavy atom. The van der Waals surface area contributed by atoms with Crippen molar-refractivity contribution in [3.05, 3.63) is 60.2 Å². The first-order valence-corrected chi connectivity index (χ1v) is 7.62. The van der Waals surface area contributed by atoms with E-state index in [1.807, 2.05) is 42.5 Å². The number of rotatable bonds is 4. The van der Waals surface area contributed by atoms with Crippen LogP contribution in [0.1, 0.15) is 19.4 Å². The smallest absolute Gasteiger partial charge is 0.489 e. The van der Waals surface area contributed by atoms with Crippen molar-refractivity contribution in [2.24, 2.45) is 5.41 Å². The molecule has 2 aromatic carbocycles. The van der Waals surface area contributed by atoms with Gasteiger partial charge in [0, 0.05) is 18.6 Å². The summed E-state index contributed by atoms with van der Waals surface area (Å²) in [6, 6.07) is 18.1. The van der Waals surface area contributed by atoms with Gasteiger partial charge in [-0.2, -0.15) is 0 Å². The summed E-state index contributed by atoms with van der Waals surface area (Å²) in [5.41, 5.74) is 2.23. The fourth-order valence-electron chi connectivity index (χ4n) is 2.38. The predicted molar refractivity (Wildman–Crippen MR) is 88.3 cm³/mol. The fourth-order valence-corrected chi connectivity index (χ4v) is 2.38. The normalized spacial score (nSPS) is 17.3. The summed E-state index contributed by atoms with van der Waals surface area (Å²) < 4.78 is 17.5. The third kappa shape index (κ3) is 3.90. The van der Waals surface area contributed by atoms with Gasteiger partial charge in [-0.25, -0.2) is 0 Å². The van der Waals surface area contributed by atoms with Crippen LogP contribution < -0.4 is 10.2 Å². The molecule has 1 saturated heterocycles. The Kier molecular flexibility index (Phi) is 4.51. The van der Waals surface area contributed by atoms with E-state index in [0.29, 0.717) is 19.8 Å². The first-order chi connectivity index (χ1) is 10.6. The molecular weight excluding hydrogens is 275 g/mol. The molecule has 1 aliphatic heterocycles. The van der Waals surface area contributed by atoms with E-state index in [1.165, 1.54) is 0 Å². The van der Waals surface area contributed by atoms with Gasteiger partial charge in [0.1, 0.15) is 12.4 Å². The highest BCUT2D eigenvalue weighted by molar-refractivity contribution is 6.61. The molecule has 1 aliphatic rings. The average molecular weight is 296 g/mol. The number of benzene rings is 2. The molecule has 0 saturated carbocycles. The van der Waals surface area contributed by atoms with Gasteiger partial charge in [-0.15, -0.1) is 0 Å². The minimum Gasteiger partial charge on any atom is -0.489 e. The molecule has 3 rings (SSSR count). The Morgan fingerprint density at radius 2 is 1.73 bits per heavy atom. The van der Waals surface area contributed by atoms with E-state index in [-0.39, 0.29) is 12.5 Å². The molecule has 1 heterocycles. The lowest BCUT2D eigenvalue weighted by molar-refractivity contribution is 0.0343. The second-order valence-electron chi connectivity index (χ2n) is 6.46. The molecule has 0 amide bonds. The van der Waals surface area contributed by atoms with Crippen molar-refractivity contribution in [2.75, 3.05) is 13.2 Å². The molecular formula is C18H21BO3. The Hall–Kier alpha value is -1.78. The summed E-state index contributed by atoms with van der Waals surface area (Å²) in [5.74, 6) is 0.832. The van der Waals surface area contributed by atoms with Crippen molar-refractivity contribution in [1.82, 2.24) is 0 Å². The summed E-state index contributed by atoms with van der Waals surface area (Å²) in [6.45, 7) is 6.24. The lowest BCUT2D eigenvalue weighted by Gasteiger charge is -2.33. The van der Waals surface area contributed by atoms with Crippen LogP contribution in [0.3, 0.4) is 0 Å². The Bertz CT molecular complexity index is 603. The second kappa shape index (κ2) is 6.55. The fraction of sp³-hybridized carbons (Fsp3) is 0.333. The minimum absolute atomic E-state index is 0.0813. The number of hydrogen-bond donors (Lipinski definition) is 0. The summed E-state index contributed by atoms with van der Waals surface area (Å²) >= 11 is 0. The van der Waals surface area contributed by atoms with Gasteiger partial charge in [0.25, 0.3) is 0 Å². The maximum Gasteiger partial charge on any atom is 0.494 e. The van der Waals surface area contributed by atoms with Crippen molar-refractivity contribution in [1.29, 1.82) is 0 Å². The topological polar surface area (TPSA) is 27.7 Å². The van der Waals surface area contributed by atoms with Gasteiger partial charge in [0.05, 0.1) is 0 Å². The molecule has 0 atom stereocenters. The van der Waals surface area contributed by atoms with Crippen LogP contribution in [0.25, 0.3) is 0 Å². The molecule has 3 nitrogen and oxygen atoms in total. The molecule has 114 valence electrons. The zero-order valence-electron chi connectivity index (χ0n) is 13.1. The molecule has 22 heavy (non-hydrogen) atoms. The van der Waals surface area contributed by atoms with E-state index in [4.69, 9.17) is 14.0 Å². The largest absolute Gasteiger partial charge is 0.494 e. The molecule has 2 aromatic rings. The van der Waals surface area contributed by atoms with Gasteiger partial charge in [-0.3, -0.25) is 0 Å². The van der Waals surface area contributed by atoms with Crippen LogP contribution in [0, 0.1) is 5.41 Å². The maximum atomic E-state index is 5.85. The van der Waals surface area contributed by atoms with E-state index in [9.17, 15) is 0 Å². The zero-order valence-corrected chi connectivity index (χ0v) is 13.1. The van der Waals surface area contributed by atoms with Crippen LogP contribution in [-0.4, -0.2) is 20.3 Å². The number of hydrogen-bond acceptors (Lipinski definition) is 3. The lowest BCUT2D eigenvalue weighted by atomic mass is 9.76. The number of ether oxygens (including phenoxy) is 1. The lowest BCUT2D eigenvalue weighted by Crippen LogP contribution is -2.47. The van der Waals surface area contributed by atoms with Crippen LogP contribution in [0.4, 0.5) is 0 Å². The summed E-state index contributed by atoms with van der Waals surface area (Å²) in [4.78, 5) is 0. The molecule has 0 N–H and O–H groups in total. The molecule has 0 aliphatic carbocycles. The minimum atomic E-state index is -0.298. The van der Waals surface area contributed by atoms with Crippen molar-refractivity contribution < 1.29 is 14.0 Å². The highest BCUT2D eigenvalue weighted by Crippen LogP contribution is 2.22. The van der Waals surface area contributed by atoms with Gasteiger partial charge in [-0.05, 0) is 23.2 Å². The first kappa shape index (κ1) is 15.1. The van der Waals surface area contributed by atoms with Crippen molar-refractivity contribution >= 4 is 12.6 Å². The molecule has 0 radical (unpaired) electrons. The van der Waals surface area contributed by atoms with E-state index in [0.717, 1.165) is 16.8 Å². The van der Waals surface area contributed by atoms with E-state index in [1.54, 1.807) is 0 Å². The van der Waals surface area contributed by atoms with Gasteiger partial charge in [0.15, 0.2) is 0 Å². The standard InChI is InChI=1S/C18H21BO3/c1-18(2)13-21-19(22-14-18)16-9-6-10-17(11-16)20-12-15-7-4-3-5-8-15/h3-11H,12-14H2,1-2H3. The first-order valence-electron chi connectivity index (χ1n) is 7.62. The summed E-state index contributed by atoms with van der Waals surface area (Å²) in [6.07, 6.45) is 0. The third-order valence-electron chi connectivity index (χ3n) is 3.63. The highest BCUT2D eigenvalue weighted by Gasteiger charge is 2.33. The van der Waals surface area contributed by atoms with Gasteiger partial charge in [0.2, 0.25) is 0 Å². The molecule has 0 bridgehead atoms. The molecule has 0 unspecified atom stereocenters. The zero-order chi connectivity index (χ0) is 15.4. The predicted octanol–water partition coefficient (Wildman–Crippen LogP) is 3.03. The molecule has 0 aromatic heterocycles. The summed E-state index contributed by atoms with van der Waals surface area (Å²) in [7, 11) is -0.298. The molecule has 1 fully saturated rings. The van der Waals surface area contributed by atoms with Crippen LogP contribution in [-0.2, 0) is 15.9 Å². The maximum absolute atomic E-state index is 5.85. The molecule has 4 heteroatoms. The van der Waals surface area contributed by atoms with Crippen molar-refractivity contribution in [2.45, 2.75) is 20.5 Å². The quantitative estimate of drug-likeness (QED) is 0.812. The second-order valence-corrected chi connectivity index (χ2v) is 6.46. The average Bonchev–Trinajstić information content (AvgIpc) is 2.54. The monoisotopic (exact) mass is 296 g/mol. The van der Waals surface area contributed by atoms with Crippen LogP contribution in [0.15, 0.2) is 54.6 Å². The Balaban J connectivity index is 1.63. The van der Waals surface area contributed by atoms with Crippen LogP contribution in [0.5, 0.6) is 5.75 Å². The highest BCUT2D eigenvalue weighted by atomic mass is 16.6. The van der Waals surface area contributed by atoms with Crippen molar-refractivity contribution in [3.63, 3.8) is 0 Å².